The fraction of sp³-hybridized carbons (Fsp3) is 0.111. The Balaban J connectivity index is 2.04. The lowest BCUT2D eigenvalue weighted by Gasteiger charge is -1.99. The molecule has 0 saturated heterocycles. The van der Waals surface area contributed by atoms with E-state index in [9.17, 15) is 4.79 Å². The van der Waals surface area contributed by atoms with Crippen LogP contribution in [-0.4, -0.2) is 10.9 Å². The number of rotatable bonds is 4. The number of furan rings is 1. The number of hydrazine groups is 1. The van der Waals surface area contributed by atoms with E-state index in [0.717, 1.165) is 0 Å². The molecule has 84 valence electrons. The minimum absolute atomic E-state index is 0.378. The Hall–Kier alpha value is -1.73. The molecule has 7 heteroatoms. The first-order valence-corrected chi connectivity index (χ1v) is 5.39. The molecular formula is C9H9N3O3S. The fourth-order valence-corrected chi connectivity index (χ4v) is 1.88. The van der Waals surface area contributed by atoms with E-state index in [1.165, 1.54) is 24.3 Å². The molecule has 0 fully saturated rings. The first-order chi connectivity index (χ1) is 7.81. The van der Waals surface area contributed by atoms with Gasteiger partial charge in [-0.15, -0.1) is 0 Å². The van der Waals surface area contributed by atoms with Gasteiger partial charge in [0.1, 0.15) is 12.0 Å². The van der Waals surface area contributed by atoms with Crippen LogP contribution in [0, 0.1) is 0 Å². The number of hydrogen-bond acceptors (Lipinski definition) is 6. The minimum atomic E-state index is -0.378. The molecule has 2 aromatic rings. The summed E-state index contributed by atoms with van der Waals surface area (Å²) in [6.45, 7) is 0. The second-order valence-corrected chi connectivity index (χ2v) is 3.74. The highest BCUT2D eigenvalue weighted by molar-refractivity contribution is 7.98. The SMILES string of the molecule is NNC(=O)c1ccoc1CSc1ncco1. The summed E-state index contributed by atoms with van der Waals surface area (Å²) in [6, 6.07) is 1.56. The van der Waals surface area contributed by atoms with Crippen LogP contribution >= 0.6 is 11.8 Å². The molecule has 0 atom stereocenters. The van der Waals surface area contributed by atoms with Gasteiger partial charge >= 0.3 is 0 Å². The summed E-state index contributed by atoms with van der Waals surface area (Å²) in [5, 5.41) is 0.524. The molecule has 16 heavy (non-hydrogen) atoms. The number of nitrogen functional groups attached to an aromatic ring is 1. The van der Waals surface area contributed by atoms with Crippen LogP contribution in [0.25, 0.3) is 0 Å². The van der Waals surface area contributed by atoms with Crippen LogP contribution in [0.5, 0.6) is 0 Å². The number of nitrogens with two attached hydrogens (primary N) is 1. The molecule has 2 rings (SSSR count). The van der Waals surface area contributed by atoms with E-state index in [4.69, 9.17) is 14.7 Å². The van der Waals surface area contributed by atoms with Crippen LogP contribution in [-0.2, 0) is 5.75 Å². The Morgan fingerprint density at radius 3 is 3.06 bits per heavy atom. The monoisotopic (exact) mass is 239 g/mol. The van der Waals surface area contributed by atoms with E-state index in [-0.39, 0.29) is 5.91 Å². The quantitative estimate of drug-likeness (QED) is 0.360. The van der Waals surface area contributed by atoms with Gasteiger partial charge in [0.2, 0.25) is 0 Å². The van der Waals surface area contributed by atoms with Crippen molar-refractivity contribution in [3.63, 3.8) is 0 Å². The van der Waals surface area contributed by atoms with Gasteiger partial charge in [-0.05, 0) is 6.07 Å². The normalized spacial score (nSPS) is 10.3. The maximum Gasteiger partial charge on any atom is 0.268 e. The fourth-order valence-electron chi connectivity index (χ4n) is 1.14. The first-order valence-electron chi connectivity index (χ1n) is 4.41. The number of nitrogens with one attached hydrogen (secondary N) is 1. The van der Waals surface area contributed by atoms with Crippen molar-refractivity contribution in [1.82, 2.24) is 10.4 Å². The summed E-state index contributed by atoms with van der Waals surface area (Å²) in [6.07, 6.45) is 4.48. The molecular weight excluding hydrogens is 230 g/mol. The second-order valence-electron chi connectivity index (χ2n) is 2.82. The molecule has 0 spiro atoms. The van der Waals surface area contributed by atoms with E-state index >= 15 is 0 Å². The zero-order valence-corrected chi connectivity index (χ0v) is 8.99. The molecule has 2 heterocycles. The van der Waals surface area contributed by atoms with E-state index in [1.807, 2.05) is 0 Å². The van der Waals surface area contributed by atoms with Crippen LogP contribution < -0.4 is 11.3 Å². The van der Waals surface area contributed by atoms with Gasteiger partial charge in [-0.25, -0.2) is 10.8 Å². The van der Waals surface area contributed by atoms with E-state index in [2.05, 4.69) is 10.4 Å². The van der Waals surface area contributed by atoms with E-state index < -0.39 is 0 Å². The average molecular weight is 239 g/mol. The van der Waals surface area contributed by atoms with Gasteiger partial charge in [-0.2, -0.15) is 0 Å². The lowest BCUT2D eigenvalue weighted by molar-refractivity contribution is 0.0952. The molecule has 0 bridgehead atoms. The number of thioether (sulfide) groups is 1. The Kier molecular flexibility index (Phi) is 3.28. The van der Waals surface area contributed by atoms with Gasteiger partial charge in [0.25, 0.3) is 11.1 Å². The van der Waals surface area contributed by atoms with Gasteiger partial charge in [0.15, 0.2) is 0 Å². The Morgan fingerprint density at radius 2 is 2.38 bits per heavy atom. The summed E-state index contributed by atoms with van der Waals surface area (Å²) in [7, 11) is 0. The molecule has 0 saturated carbocycles. The highest BCUT2D eigenvalue weighted by Crippen LogP contribution is 2.23. The Bertz CT molecular complexity index is 466. The van der Waals surface area contributed by atoms with Gasteiger partial charge < -0.3 is 8.83 Å². The summed E-state index contributed by atoms with van der Waals surface area (Å²) in [5.74, 6) is 5.65. The van der Waals surface area contributed by atoms with E-state index in [1.54, 1.807) is 12.3 Å². The molecule has 0 unspecified atom stereocenters. The van der Waals surface area contributed by atoms with Gasteiger partial charge in [-0.1, -0.05) is 11.8 Å². The van der Waals surface area contributed by atoms with Crippen molar-refractivity contribution in [3.8, 4) is 0 Å². The summed E-state index contributed by atoms with van der Waals surface area (Å²) in [5.41, 5.74) is 2.47. The Labute approximate surface area is 95.2 Å². The number of aromatic nitrogens is 1. The van der Waals surface area contributed by atoms with Crippen LogP contribution in [0.4, 0.5) is 0 Å². The van der Waals surface area contributed by atoms with E-state index in [0.29, 0.717) is 22.3 Å². The lowest BCUT2D eigenvalue weighted by atomic mass is 10.2. The second kappa shape index (κ2) is 4.86. The summed E-state index contributed by atoms with van der Waals surface area (Å²) in [4.78, 5) is 15.3. The van der Waals surface area contributed by atoms with Crippen molar-refractivity contribution in [1.29, 1.82) is 0 Å². The summed E-state index contributed by atoms with van der Waals surface area (Å²) < 4.78 is 10.2. The third-order valence-corrected chi connectivity index (χ3v) is 2.71. The topological polar surface area (TPSA) is 94.3 Å². The van der Waals surface area contributed by atoms with Crippen molar-refractivity contribution >= 4 is 17.7 Å². The number of amides is 1. The predicted molar refractivity (Wildman–Crippen MR) is 56.4 cm³/mol. The minimum Gasteiger partial charge on any atom is -0.468 e. The zero-order valence-electron chi connectivity index (χ0n) is 8.17. The first kappa shape index (κ1) is 10.8. The van der Waals surface area contributed by atoms with Gasteiger partial charge in [0, 0.05) is 0 Å². The van der Waals surface area contributed by atoms with Crippen LogP contribution in [0.15, 0.2) is 38.8 Å². The predicted octanol–water partition coefficient (Wildman–Crippen LogP) is 1.16. The molecule has 6 nitrogen and oxygen atoms in total. The van der Waals surface area contributed by atoms with Gasteiger partial charge in [-0.3, -0.25) is 10.2 Å². The average Bonchev–Trinajstić information content (AvgIpc) is 2.96. The maximum atomic E-state index is 11.3. The lowest BCUT2D eigenvalue weighted by Crippen LogP contribution is -2.30. The van der Waals surface area contributed by atoms with Crippen molar-refractivity contribution < 1.29 is 13.6 Å². The molecule has 3 N–H and O–H groups in total. The van der Waals surface area contributed by atoms with Crippen molar-refractivity contribution in [2.24, 2.45) is 5.84 Å². The van der Waals surface area contributed by atoms with Crippen LogP contribution in [0.2, 0.25) is 0 Å². The van der Waals surface area contributed by atoms with Crippen LogP contribution in [0.3, 0.4) is 0 Å². The number of carbonyl (C=O) groups is 1. The molecule has 1 amide bonds. The largest absolute Gasteiger partial charge is 0.468 e. The number of hydrogen-bond donors (Lipinski definition) is 2. The number of nitrogens with zero attached hydrogens (tertiary/aromatic N) is 1. The smallest absolute Gasteiger partial charge is 0.268 e. The molecule has 0 radical (unpaired) electrons. The van der Waals surface area contributed by atoms with Gasteiger partial charge in [0.05, 0.1) is 23.8 Å². The molecule has 0 aliphatic heterocycles. The number of oxazole rings is 1. The molecule has 0 aliphatic rings. The van der Waals surface area contributed by atoms with Crippen LogP contribution in [0.1, 0.15) is 16.1 Å². The van der Waals surface area contributed by atoms with Crippen molar-refractivity contribution in [3.05, 3.63) is 36.1 Å². The zero-order chi connectivity index (χ0) is 11.4. The molecule has 2 aromatic heterocycles. The number of carbonyl (C=O) groups excluding carboxylic acids is 1. The standard InChI is InChI=1S/C9H9N3O3S/c10-12-8(13)6-1-3-14-7(6)5-16-9-11-2-4-15-9/h1-4H,5,10H2,(H,12,13). The molecule has 0 aromatic carbocycles. The van der Waals surface area contributed by atoms with Crippen molar-refractivity contribution in [2.75, 3.05) is 0 Å². The Morgan fingerprint density at radius 1 is 1.50 bits per heavy atom. The van der Waals surface area contributed by atoms with Crippen molar-refractivity contribution in [2.45, 2.75) is 11.0 Å². The highest BCUT2D eigenvalue weighted by atomic mass is 32.2. The third-order valence-electron chi connectivity index (χ3n) is 1.86. The highest BCUT2D eigenvalue weighted by Gasteiger charge is 2.14. The molecule has 0 aliphatic carbocycles. The summed E-state index contributed by atoms with van der Waals surface area (Å²) >= 11 is 1.33. The third kappa shape index (κ3) is 2.26. The maximum absolute atomic E-state index is 11.3.